The van der Waals surface area contributed by atoms with Crippen molar-refractivity contribution in [3.05, 3.63) is 74.4 Å². The zero-order valence-electron chi connectivity index (χ0n) is 17.3. The molecule has 0 fully saturated rings. The number of hydrogen-bond donors (Lipinski definition) is 1. The molecule has 0 aromatic heterocycles. The summed E-state index contributed by atoms with van der Waals surface area (Å²) in [7, 11) is 1.84. The number of anilines is 1. The lowest BCUT2D eigenvalue weighted by molar-refractivity contribution is -0.126. The normalized spacial score (nSPS) is 12.9. The summed E-state index contributed by atoms with van der Waals surface area (Å²) in [6.45, 7) is 11.2. The first-order valence-electron chi connectivity index (χ1n) is 9.08. The van der Waals surface area contributed by atoms with Gasteiger partial charge in [-0.15, -0.1) is 0 Å². The molecule has 2 aromatic rings. The van der Waals surface area contributed by atoms with Crippen LogP contribution in [0.5, 0.6) is 0 Å². The van der Waals surface area contributed by atoms with Crippen LogP contribution in [0.3, 0.4) is 0 Å². The van der Waals surface area contributed by atoms with Crippen LogP contribution in [-0.4, -0.2) is 24.6 Å². The molecular weight excluding hydrogens is 473 g/mol. The molecule has 29 heavy (non-hydrogen) atoms. The molecular formula is C22H26BrCl2N3O. The summed E-state index contributed by atoms with van der Waals surface area (Å²) in [4.78, 5) is 19.0. The van der Waals surface area contributed by atoms with Gasteiger partial charge in [-0.2, -0.15) is 0 Å². The van der Waals surface area contributed by atoms with Crippen LogP contribution in [0, 0.1) is 0 Å². The molecule has 1 unspecified atom stereocenters. The SMILES string of the molecule is C=N/C=C(/C)N(C)C(C)(C(=O)Nc1cc(Cl)cc(Cl)c1)c1ccc(Br)cc1.CC. The third-order valence-electron chi connectivity index (χ3n) is 4.45. The third kappa shape index (κ3) is 6.33. The van der Waals surface area contributed by atoms with Crippen molar-refractivity contribution in [2.75, 3.05) is 12.4 Å². The molecule has 4 nitrogen and oxygen atoms in total. The standard InChI is InChI=1S/C20H20BrCl2N3O.C2H6/c1-13(12-24-3)26(4)20(2,14-5-7-15(21)8-6-14)19(27)25-18-10-16(22)9-17(23)11-18;1-2/h5-12H,3H2,1-2,4H3,(H,25,27);1-2H3/b13-12-;. The molecule has 0 spiro atoms. The first kappa shape index (κ1) is 25.2. The van der Waals surface area contributed by atoms with Crippen LogP contribution < -0.4 is 5.32 Å². The lowest BCUT2D eigenvalue weighted by Crippen LogP contribution is -2.49. The smallest absolute Gasteiger partial charge is 0.254 e. The summed E-state index contributed by atoms with van der Waals surface area (Å²) in [5, 5.41) is 3.82. The Kier molecular flexibility index (Phi) is 9.90. The van der Waals surface area contributed by atoms with Gasteiger partial charge in [-0.1, -0.05) is 65.1 Å². The molecule has 0 aliphatic carbocycles. The van der Waals surface area contributed by atoms with E-state index in [0.29, 0.717) is 15.7 Å². The number of allylic oxidation sites excluding steroid dienone is 1. The van der Waals surface area contributed by atoms with Gasteiger partial charge in [-0.3, -0.25) is 9.79 Å². The Balaban J connectivity index is 0.00000204. The number of benzene rings is 2. The van der Waals surface area contributed by atoms with Gasteiger partial charge in [0.15, 0.2) is 0 Å². The van der Waals surface area contributed by atoms with E-state index in [0.717, 1.165) is 15.7 Å². The highest BCUT2D eigenvalue weighted by Gasteiger charge is 2.40. The fourth-order valence-corrected chi connectivity index (χ4v) is 3.49. The Labute approximate surface area is 191 Å². The zero-order valence-corrected chi connectivity index (χ0v) is 20.4. The molecule has 0 saturated heterocycles. The summed E-state index contributed by atoms with van der Waals surface area (Å²) in [5.41, 5.74) is 1.11. The summed E-state index contributed by atoms with van der Waals surface area (Å²) >= 11 is 15.5. The van der Waals surface area contributed by atoms with E-state index < -0.39 is 5.54 Å². The van der Waals surface area contributed by atoms with Gasteiger partial charge in [0.2, 0.25) is 0 Å². The maximum Gasteiger partial charge on any atom is 0.254 e. The molecule has 0 saturated carbocycles. The predicted octanol–water partition coefficient (Wildman–Crippen LogP) is 7.13. The lowest BCUT2D eigenvalue weighted by Gasteiger charge is -2.39. The topological polar surface area (TPSA) is 44.7 Å². The van der Waals surface area contributed by atoms with Crippen molar-refractivity contribution >= 4 is 57.4 Å². The van der Waals surface area contributed by atoms with Gasteiger partial charge >= 0.3 is 0 Å². The Bertz CT molecular complexity index is 864. The second-order valence-electron chi connectivity index (χ2n) is 6.20. The fraction of sp³-hybridized carbons (Fsp3) is 0.273. The Morgan fingerprint density at radius 1 is 1.17 bits per heavy atom. The van der Waals surface area contributed by atoms with Crippen LogP contribution in [0.15, 0.2) is 63.8 Å². The second-order valence-corrected chi connectivity index (χ2v) is 7.99. The number of halogens is 3. The molecule has 1 amide bonds. The van der Waals surface area contributed by atoms with Crippen molar-refractivity contribution in [1.82, 2.24) is 4.90 Å². The minimum atomic E-state index is -1.01. The van der Waals surface area contributed by atoms with E-state index in [9.17, 15) is 4.79 Å². The van der Waals surface area contributed by atoms with Gasteiger partial charge in [0.1, 0.15) is 5.54 Å². The minimum absolute atomic E-state index is 0.234. The fourth-order valence-electron chi connectivity index (χ4n) is 2.70. The number of nitrogens with one attached hydrogen (secondary N) is 1. The first-order chi connectivity index (χ1) is 13.7. The molecule has 1 N–H and O–H groups in total. The van der Waals surface area contributed by atoms with Gasteiger partial charge in [0.05, 0.1) is 0 Å². The number of carbonyl (C=O) groups excluding carboxylic acids is 1. The summed E-state index contributed by atoms with van der Waals surface area (Å²) < 4.78 is 0.929. The Morgan fingerprint density at radius 2 is 1.69 bits per heavy atom. The van der Waals surface area contributed by atoms with E-state index in [1.807, 2.05) is 63.9 Å². The van der Waals surface area contributed by atoms with Crippen molar-refractivity contribution in [2.45, 2.75) is 33.2 Å². The summed E-state index contributed by atoms with van der Waals surface area (Å²) in [6.07, 6.45) is 1.61. The van der Waals surface area contributed by atoms with Crippen molar-refractivity contribution in [3.8, 4) is 0 Å². The number of aliphatic imine (C=N–C) groups is 1. The van der Waals surface area contributed by atoms with Crippen molar-refractivity contribution in [1.29, 1.82) is 0 Å². The van der Waals surface area contributed by atoms with Crippen LogP contribution >= 0.6 is 39.1 Å². The van der Waals surface area contributed by atoms with Crippen molar-refractivity contribution < 1.29 is 4.79 Å². The maximum absolute atomic E-state index is 13.4. The van der Waals surface area contributed by atoms with E-state index in [2.05, 4.69) is 33.0 Å². The number of amides is 1. The van der Waals surface area contributed by atoms with Gasteiger partial charge < -0.3 is 10.2 Å². The highest BCUT2D eigenvalue weighted by molar-refractivity contribution is 9.10. The largest absolute Gasteiger partial charge is 0.359 e. The monoisotopic (exact) mass is 497 g/mol. The third-order valence-corrected chi connectivity index (χ3v) is 5.41. The van der Waals surface area contributed by atoms with Crippen LogP contribution in [0.1, 0.15) is 33.3 Å². The van der Waals surface area contributed by atoms with Crippen molar-refractivity contribution in [3.63, 3.8) is 0 Å². The molecule has 7 heteroatoms. The lowest BCUT2D eigenvalue weighted by atomic mass is 9.88. The molecule has 0 aliphatic rings. The highest BCUT2D eigenvalue weighted by atomic mass is 79.9. The number of nitrogens with zero attached hydrogens (tertiary/aromatic N) is 2. The number of hydrogen-bond acceptors (Lipinski definition) is 3. The summed E-state index contributed by atoms with van der Waals surface area (Å²) in [6, 6.07) is 12.5. The van der Waals surface area contributed by atoms with Gasteiger partial charge in [0.25, 0.3) is 5.91 Å². The first-order valence-corrected chi connectivity index (χ1v) is 10.6. The maximum atomic E-state index is 13.4. The molecule has 156 valence electrons. The molecule has 1 atom stereocenters. The predicted molar refractivity (Wildman–Crippen MR) is 129 cm³/mol. The molecule has 0 radical (unpaired) electrons. The Morgan fingerprint density at radius 3 is 2.17 bits per heavy atom. The van der Waals surface area contributed by atoms with E-state index in [-0.39, 0.29) is 5.91 Å². The van der Waals surface area contributed by atoms with Crippen LogP contribution in [0.4, 0.5) is 5.69 Å². The van der Waals surface area contributed by atoms with Crippen LogP contribution in [0.2, 0.25) is 10.0 Å². The zero-order chi connectivity index (χ0) is 22.2. The number of rotatable bonds is 6. The Hall–Kier alpha value is -1.82. The van der Waals surface area contributed by atoms with Crippen LogP contribution in [0.25, 0.3) is 0 Å². The van der Waals surface area contributed by atoms with E-state index in [1.54, 1.807) is 24.4 Å². The number of likely N-dealkylation sites (N-methyl/N-ethyl adjacent to an activating group) is 1. The minimum Gasteiger partial charge on any atom is -0.359 e. The number of carbonyl (C=O) groups is 1. The summed E-state index contributed by atoms with van der Waals surface area (Å²) in [5.74, 6) is -0.234. The molecule has 2 rings (SSSR count). The van der Waals surface area contributed by atoms with Gasteiger partial charge in [-0.25, -0.2) is 0 Å². The molecule has 2 aromatic carbocycles. The highest BCUT2D eigenvalue weighted by Crippen LogP contribution is 2.33. The van der Waals surface area contributed by atoms with Crippen LogP contribution in [-0.2, 0) is 10.3 Å². The average molecular weight is 499 g/mol. The van der Waals surface area contributed by atoms with Gasteiger partial charge in [-0.05, 0) is 56.5 Å². The molecule has 0 heterocycles. The second kappa shape index (κ2) is 11.4. The van der Waals surface area contributed by atoms with E-state index in [1.165, 1.54) is 0 Å². The van der Waals surface area contributed by atoms with Gasteiger partial charge in [0, 0.05) is 39.2 Å². The van der Waals surface area contributed by atoms with E-state index >= 15 is 0 Å². The van der Waals surface area contributed by atoms with E-state index in [4.69, 9.17) is 23.2 Å². The molecule has 0 bridgehead atoms. The van der Waals surface area contributed by atoms with Crippen molar-refractivity contribution in [2.24, 2.45) is 4.99 Å². The average Bonchev–Trinajstić information content (AvgIpc) is 2.68. The quantitative estimate of drug-likeness (QED) is 0.430. The molecule has 0 aliphatic heterocycles.